The lowest BCUT2D eigenvalue weighted by molar-refractivity contribution is -0.120. The van der Waals surface area contributed by atoms with Crippen molar-refractivity contribution in [1.29, 1.82) is 0 Å². The number of anilines is 1. The van der Waals surface area contributed by atoms with Crippen molar-refractivity contribution in [3.05, 3.63) is 112 Å². The first-order valence-electron chi connectivity index (χ1n) is 14.9. The highest BCUT2D eigenvalue weighted by molar-refractivity contribution is 6.06. The molecule has 2 N–H and O–H groups in total. The molecule has 2 aromatic carbocycles. The molecule has 2 aromatic heterocycles. The number of benzene rings is 2. The summed E-state index contributed by atoms with van der Waals surface area (Å²) in [6, 6.07) is 13.2. The number of hydrogen-bond acceptors (Lipinski definition) is 5. The Balaban J connectivity index is 1.18. The summed E-state index contributed by atoms with van der Waals surface area (Å²) >= 11 is 0. The number of aromatic nitrogens is 3. The molecule has 1 spiro atoms. The Morgan fingerprint density at radius 1 is 1.09 bits per heavy atom. The molecule has 0 fully saturated rings. The Morgan fingerprint density at radius 3 is 2.73 bits per heavy atom. The molecule has 1 aliphatic carbocycles. The van der Waals surface area contributed by atoms with Crippen molar-refractivity contribution < 1.29 is 23.1 Å². The second-order valence-corrected chi connectivity index (χ2v) is 12.5. The standard InChI is InChI=1S/C34H33F2N5O3/c1-33(2,44-3)27-17-38-30-26(12-11-21(18-41(27)30)23-6-4-8-25(35)28(23)36)39-31(42)19-9-10-20-15-34(16-22(20)14-19)24-7-5-13-37-29(24)40-32(34)43/h4-10,13-14,17,21,26H,11-12,15-16,18H2,1-3H3,(H,39,42)(H,37,40,43)/t21-,26-,34?/m1/s1. The first-order valence-corrected chi connectivity index (χ1v) is 14.9. The van der Waals surface area contributed by atoms with Gasteiger partial charge in [0, 0.05) is 36.9 Å². The molecule has 2 amide bonds. The van der Waals surface area contributed by atoms with Gasteiger partial charge in [-0.15, -0.1) is 0 Å². The smallest absolute Gasteiger partial charge is 0.251 e. The largest absolute Gasteiger partial charge is 0.373 e. The fraction of sp³-hybridized carbons (Fsp3) is 0.353. The number of hydrogen-bond donors (Lipinski definition) is 2. The summed E-state index contributed by atoms with van der Waals surface area (Å²) in [4.78, 5) is 35.9. The van der Waals surface area contributed by atoms with Crippen molar-refractivity contribution in [3.8, 4) is 0 Å². The van der Waals surface area contributed by atoms with Crippen LogP contribution < -0.4 is 10.6 Å². The van der Waals surface area contributed by atoms with Crippen LogP contribution >= 0.6 is 0 Å². The second kappa shape index (κ2) is 10.3. The number of methoxy groups -OCH3 is 1. The van der Waals surface area contributed by atoms with Gasteiger partial charge in [-0.05, 0) is 80.5 Å². The monoisotopic (exact) mass is 597 g/mol. The third-order valence-corrected chi connectivity index (χ3v) is 9.70. The number of imidazole rings is 1. The maximum atomic E-state index is 15.0. The number of fused-ring (bicyclic) bond motifs is 4. The molecule has 1 unspecified atom stereocenters. The average molecular weight is 598 g/mol. The molecule has 44 heavy (non-hydrogen) atoms. The molecule has 226 valence electrons. The maximum Gasteiger partial charge on any atom is 0.251 e. The number of pyridine rings is 1. The fourth-order valence-corrected chi connectivity index (χ4v) is 7.13. The predicted octanol–water partition coefficient (Wildman–Crippen LogP) is 5.48. The Morgan fingerprint density at radius 2 is 1.91 bits per heavy atom. The highest BCUT2D eigenvalue weighted by Crippen LogP contribution is 2.46. The number of halogens is 2. The lowest BCUT2D eigenvalue weighted by atomic mass is 9.79. The van der Waals surface area contributed by atoms with Crippen LogP contribution in [0.5, 0.6) is 0 Å². The van der Waals surface area contributed by atoms with E-state index in [0.717, 1.165) is 28.5 Å². The van der Waals surface area contributed by atoms with E-state index in [1.165, 1.54) is 6.07 Å². The maximum absolute atomic E-state index is 15.0. The molecular formula is C34H33F2N5O3. The first-order chi connectivity index (χ1) is 21.1. The van der Waals surface area contributed by atoms with E-state index < -0.39 is 28.7 Å². The molecule has 4 heterocycles. The highest BCUT2D eigenvalue weighted by Gasteiger charge is 2.51. The molecule has 2 aliphatic heterocycles. The molecule has 4 aromatic rings. The Labute approximate surface area is 253 Å². The van der Waals surface area contributed by atoms with Crippen molar-refractivity contribution >= 4 is 17.6 Å². The Kier molecular flexibility index (Phi) is 6.65. The van der Waals surface area contributed by atoms with Crippen molar-refractivity contribution in [3.63, 3.8) is 0 Å². The van der Waals surface area contributed by atoms with Crippen molar-refractivity contribution in [2.45, 2.75) is 69.1 Å². The molecule has 3 atom stereocenters. The molecule has 3 aliphatic rings. The quantitative estimate of drug-likeness (QED) is 0.318. The molecule has 7 rings (SSSR count). The molecule has 0 radical (unpaired) electrons. The minimum absolute atomic E-state index is 0.0715. The van der Waals surface area contributed by atoms with Crippen molar-refractivity contribution in [2.75, 3.05) is 12.4 Å². The van der Waals surface area contributed by atoms with Crippen LogP contribution in [0, 0.1) is 11.6 Å². The van der Waals surface area contributed by atoms with Crippen LogP contribution in [0.2, 0.25) is 0 Å². The fourth-order valence-electron chi connectivity index (χ4n) is 7.13. The number of amides is 2. The summed E-state index contributed by atoms with van der Waals surface area (Å²) in [6.07, 6.45) is 5.42. The highest BCUT2D eigenvalue weighted by atomic mass is 19.2. The van der Waals surface area contributed by atoms with E-state index in [4.69, 9.17) is 9.72 Å². The molecular weight excluding hydrogens is 564 g/mol. The van der Waals surface area contributed by atoms with E-state index in [1.807, 2.05) is 42.7 Å². The minimum Gasteiger partial charge on any atom is -0.373 e. The number of carbonyl (C=O) groups is 2. The van der Waals surface area contributed by atoms with Gasteiger partial charge in [0.15, 0.2) is 11.6 Å². The normalized spacial score (nSPS) is 22.2. The van der Waals surface area contributed by atoms with Gasteiger partial charge < -0.3 is 19.9 Å². The molecule has 0 saturated heterocycles. The summed E-state index contributed by atoms with van der Waals surface area (Å²) in [5.41, 5.74) is 3.02. The van der Waals surface area contributed by atoms with E-state index >= 15 is 0 Å². The van der Waals surface area contributed by atoms with Gasteiger partial charge in [-0.25, -0.2) is 18.7 Å². The summed E-state index contributed by atoms with van der Waals surface area (Å²) in [5, 5.41) is 6.09. The zero-order valence-corrected chi connectivity index (χ0v) is 24.8. The summed E-state index contributed by atoms with van der Waals surface area (Å²) in [7, 11) is 1.61. The number of carbonyl (C=O) groups excluding carboxylic acids is 2. The third kappa shape index (κ3) is 4.42. The van der Waals surface area contributed by atoms with Gasteiger partial charge in [0.2, 0.25) is 5.91 Å². The van der Waals surface area contributed by atoms with Gasteiger partial charge >= 0.3 is 0 Å². The lowest BCUT2D eigenvalue weighted by Gasteiger charge is -2.27. The van der Waals surface area contributed by atoms with Crippen LogP contribution in [-0.4, -0.2) is 33.5 Å². The number of nitrogens with zero attached hydrogens (tertiary/aromatic N) is 3. The minimum atomic E-state index is -0.881. The summed E-state index contributed by atoms with van der Waals surface area (Å²) in [5.74, 6) is -1.16. The SMILES string of the molecule is COC(C)(C)c1cnc2n1C[C@H](c1cccc(F)c1F)CC[C@H]2NC(=O)c1ccc2c(c1)CC1(C2)C(=O)Nc2ncccc21. The molecule has 0 bridgehead atoms. The van der Waals surface area contributed by atoms with Crippen molar-refractivity contribution in [1.82, 2.24) is 19.9 Å². The van der Waals surface area contributed by atoms with E-state index in [-0.39, 0.29) is 17.7 Å². The second-order valence-electron chi connectivity index (χ2n) is 12.5. The van der Waals surface area contributed by atoms with Crippen LogP contribution in [-0.2, 0) is 39.9 Å². The zero-order chi connectivity index (χ0) is 30.8. The van der Waals surface area contributed by atoms with Crippen LogP contribution in [0.3, 0.4) is 0 Å². The lowest BCUT2D eigenvalue weighted by Crippen LogP contribution is -2.35. The average Bonchev–Trinajstić information content (AvgIpc) is 3.66. The van der Waals surface area contributed by atoms with Gasteiger partial charge in [0.1, 0.15) is 17.2 Å². The van der Waals surface area contributed by atoms with E-state index in [1.54, 1.807) is 31.6 Å². The molecule has 10 heteroatoms. The Bertz CT molecular complexity index is 1820. The molecule has 0 saturated carbocycles. The zero-order valence-electron chi connectivity index (χ0n) is 24.8. The van der Waals surface area contributed by atoms with Crippen LogP contribution in [0.25, 0.3) is 0 Å². The van der Waals surface area contributed by atoms with Gasteiger partial charge in [-0.1, -0.05) is 24.3 Å². The number of nitrogens with one attached hydrogen (secondary N) is 2. The van der Waals surface area contributed by atoms with Gasteiger partial charge in [-0.3, -0.25) is 9.59 Å². The van der Waals surface area contributed by atoms with Crippen molar-refractivity contribution in [2.24, 2.45) is 0 Å². The third-order valence-electron chi connectivity index (χ3n) is 9.70. The summed E-state index contributed by atoms with van der Waals surface area (Å²) in [6.45, 7) is 4.21. The molecule has 8 nitrogen and oxygen atoms in total. The number of ether oxygens (including phenoxy) is 1. The van der Waals surface area contributed by atoms with Crippen LogP contribution in [0.4, 0.5) is 14.6 Å². The van der Waals surface area contributed by atoms with E-state index in [9.17, 15) is 18.4 Å². The van der Waals surface area contributed by atoms with Crippen LogP contribution in [0.1, 0.15) is 82.8 Å². The van der Waals surface area contributed by atoms with E-state index in [0.29, 0.717) is 55.0 Å². The van der Waals surface area contributed by atoms with Gasteiger partial charge in [0.05, 0.1) is 23.3 Å². The first kappa shape index (κ1) is 28.3. The summed E-state index contributed by atoms with van der Waals surface area (Å²) < 4.78 is 36.9. The predicted molar refractivity (Wildman–Crippen MR) is 159 cm³/mol. The topological polar surface area (TPSA) is 98.1 Å². The number of rotatable bonds is 5. The Hall–Kier alpha value is -4.44. The van der Waals surface area contributed by atoms with E-state index in [2.05, 4.69) is 15.6 Å². The van der Waals surface area contributed by atoms with Gasteiger partial charge in [0.25, 0.3) is 5.91 Å². The van der Waals surface area contributed by atoms with Crippen LogP contribution in [0.15, 0.2) is 60.9 Å². The van der Waals surface area contributed by atoms with Gasteiger partial charge in [-0.2, -0.15) is 0 Å².